The minimum atomic E-state index is 0.0474. The van der Waals surface area contributed by atoms with Crippen LogP contribution in [0, 0.1) is 11.3 Å². The number of rotatable bonds is 3. The van der Waals surface area contributed by atoms with Gasteiger partial charge >= 0.3 is 0 Å². The molecule has 0 bridgehead atoms. The lowest BCUT2D eigenvalue weighted by Gasteiger charge is -2.10. The van der Waals surface area contributed by atoms with Crippen molar-refractivity contribution in [3.63, 3.8) is 0 Å². The van der Waals surface area contributed by atoms with Gasteiger partial charge in [0.2, 0.25) is 0 Å². The van der Waals surface area contributed by atoms with Crippen LogP contribution in [0.1, 0.15) is 23.7 Å². The van der Waals surface area contributed by atoms with E-state index in [0.29, 0.717) is 6.42 Å². The molecule has 0 saturated heterocycles. The summed E-state index contributed by atoms with van der Waals surface area (Å²) in [5.41, 5.74) is 1.12. The second-order valence-corrected chi connectivity index (χ2v) is 3.34. The summed E-state index contributed by atoms with van der Waals surface area (Å²) >= 11 is 0. The molecule has 2 nitrogen and oxygen atoms in total. The first-order valence-electron chi connectivity index (χ1n) is 4.87. The van der Waals surface area contributed by atoms with Crippen LogP contribution in [-0.4, -0.2) is 0 Å². The van der Waals surface area contributed by atoms with Crippen molar-refractivity contribution in [2.24, 2.45) is 0 Å². The summed E-state index contributed by atoms with van der Waals surface area (Å²) in [6, 6.07) is 15.9. The minimum absolute atomic E-state index is 0.0474. The van der Waals surface area contributed by atoms with E-state index in [1.165, 1.54) is 0 Å². The molecule has 1 aromatic heterocycles. The normalized spacial score (nSPS) is 11.9. The molecule has 2 aromatic rings. The van der Waals surface area contributed by atoms with Crippen LogP contribution < -0.4 is 0 Å². The first-order valence-corrected chi connectivity index (χ1v) is 4.87. The highest BCUT2D eigenvalue weighted by molar-refractivity contribution is 5.28. The summed E-state index contributed by atoms with van der Waals surface area (Å²) in [6.07, 6.45) is 2.08. The molecule has 0 fully saturated rings. The highest BCUT2D eigenvalue weighted by Gasteiger charge is 2.15. The Morgan fingerprint density at radius 2 is 1.93 bits per heavy atom. The molecule has 0 aliphatic carbocycles. The van der Waals surface area contributed by atoms with Crippen molar-refractivity contribution in [1.82, 2.24) is 0 Å². The molecule has 0 N–H and O–H groups in total. The van der Waals surface area contributed by atoms with Crippen LogP contribution in [0.5, 0.6) is 0 Å². The summed E-state index contributed by atoms with van der Waals surface area (Å²) in [6.45, 7) is 0. The van der Waals surface area contributed by atoms with Crippen LogP contribution >= 0.6 is 0 Å². The Morgan fingerprint density at radius 3 is 2.53 bits per heavy atom. The molecule has 2 rings (SSSR count). The maximum absolute atomic E-state index is 8.81. The Labute approximate surface area is 88.8 Å². The smallest absolute Gasteiger partial charge is 0.112 e. The molecule has 1 aromatic carbocycles. The van der Waals surface area contributed by atoms with Crippen molar-refractivity contribution >= 4 is 0 Å². The zero-order valence-corrected chi connectivity index (χ0v) is 8.26. The summed E-state index contributed by atoms with van der Waals surface area (Å²) in [7, 11) is 0. The first kappa shape index (κ1) is 9.54. The van der Waals surface area contributed by atoms with Crippen LogP contribution in [0.3, 0.4) is 0 Å². The SMILES string of the molecule is N#CC[C@@H](c1ccccc1)c1ccco1. The molecule has 74 valence electrons. The van der Waals surface area contributed by atoms with Gasteiger partial charge in [0.15, 0.2) is 0 Å². The maximum Gasteiger partial charge on any atom is 0.112 e. The van der Waals surface area contributed by atoms with Gasteiger partial charge in [-0.3, -0.25) is 0 Å². The van der Waals surface area contributed by atoms with Crippen molar-refractivity contribution in [2.45, 2.75) is 12.3 Å². The van der Waals surface area contributed by atoms with E-state index in [4.69, 9.17) is 9.68 Å². The summed E-state index contributed by atoms with van der Waals surface area (Å²) in [5.74, 6) is 0.897. The number of hydrogen-bond donors (Lipinski definition) is 0. The molecule has 1 atom stereocenters. The largest absolute Gasteiger partial charge is 0.469 e. The van der Waals surface area contributed by atoms with Crippen molar-refractivity contribution in [1.29, 1.82) is 5.26 Å². The second-order valence-electron chi connectivity index (χ2n) is 3.34. The molecule has 15 heavy (non-hydrogen) atoms. The number of nitriles is 1. The van der Waals surface area contributed by atoms with Gasteiger partial charge in [-0.2, -0.15) is 5.26 Å². The Morgan fingerprint density at radius 1 is 1.13 bits per heavy atom. The molecule has 0 aliphatic rings. The van der Waals surface area contributed by atoms with Gasteiger partial charge in [0, 0.05) is 6.42 Å². The van der Waals surface area contributed by atoms with Crippen LogP contribution in [-0.2, 0) is 0 Å². The number of nitrogens with zero attached hydrogens (tertiary/aromatic N) is 1. The van der Waals surface area contributed by atoms with E-state index in [1.807, 2.05) is 42.5 Å². The Balaban J connectivity index is 2.33. The van der Waals surface area contributed by atoms with Crippen LogP contribution in [0.25, 0.3) is 0 Å². The molecule has 2 heteroatoms. The third-order valence-corrected chi connectivity index (χ3v) is 2.38. The molecular weight excluding hydrogens is 186 g/mol. The summed E-state index contributed by atoms with van der Waals surface area (Å²) in [4.78, 5) is 0. The Hall–Kier alpha value is -2.01. The fourth-order valence-electron chi connectivity index (χ4n) is 1.65. The third kappa shape index (κ3) is 2.08. The quantitative estimate of drug-likeness (QED) is 0.756. The third-order valence-electron chi connectivity index (χ3n) is 2.38. The second kappa shape index (κ2) is 4.47. The molecule has 0 saturated carbocycles. The minimum Gasteiger partial charge on any atom is -0.469 e. The van der Waals surface area contributed by atoms with Gasteiger partial charge in [-0.25, -0.2) is 0 Å². The number of hydrogen-bond acceptors (Lipinski definition) is 2. The highest BCUT2D eigenvalue weighted by Crippen LogP contribution is 2.27. The number of furan rings is 1. The van der Waals surface area contributed by atoms with Gasteiger partial charge in [-0.1, -0.05) is 30.3 Å². The van der Waals surface area contributed by atoms with E-state index in [9.17, 15) is 0 Å². The average Bonchev–Trinajstić information content (AvgIpc) is 2.80. The van der Waals surface area contributed by atoms with Gasteiger partial charge in [0.1, 0.15) is 5.76 Å². The van der Waals surface area contributed by atoms with Crippen molar-refractivity contribution < 1.29 is 4.42 Å². The summed E-state index contributed by atoms with van der Waals surface area (Å²) < 4.78 is 5.35. The van der Waals surface area contributed by atoms with Crippen molar-refractivity contribution in [3.8, 4) is 6.07 Å². The fourth-order valence-corrected chi connectivity index (χ4v) is 1.65. The van der Waals surface area contributed by atoms with Crippen molar-refractivity contribution in [3.05, 3.63) is 60.1 Å². The molecule has 0 spiro atoms. The Bertz CT molecular complexity index is 439. The molecule has 1 heterocycles. The van der Waals surface area contributed by atoms with E-state index >= 15 is 0 Å². The standard InChI is InChI=1S/C13H11NO/c14-9-8-12(13-7-4-10-15-13)11-5-2-1-3-6-11/h1-7,10,12H,8H2/t12-/m0/s1. The predicted octanol–water partition coefficient (Wildman–Crippen LogP) is 3.33. The van der Waals surface area contributed by atoms with Crippen LogP contribution in [0.4, 0.5) is 0 Å². The van der Waals surface area contributed by atoms with Gasteiger partial charge in [-0.15, -0.1) is 0 Å². The summed E-state index contributed by atoms with van der Waals surface area (Å²) in [5, 5.41) is 8.81. The zero-order chi connectivity index (χ0) is 10.5. The van der Waals surface area contributed by atoms with E-state index < -0.39 is 0 Å². The molecule has 0 aliphatic heterocycles. The topological polar surface area (TPSA) is 36.9 Å². The number of benzene rings is 1. The van der Waals surface area contributed by atoms with Gasteiger partial charge in [0.25, 0.3) is 0 Å². The average molecular weight is 197 g/mol. The molecular formula is C13H11NO. The highest BCUT2D eigenvalue weighted by atomic mass is 16.3. The fraction of sp³-hybridized carbons (Fsp3) is 0.154. The zero-order valence-electron chi connectivity index (χ0n) is 8.26. The first-order chi connectivity index (χ1) is 7.42. The van der Waals surface area contributed by atoms with E-state index in [-0.39, 0.29) is 5.92 Å². The maximum atomic E-state index is 8.81. The lowest BCUT2D eigenvalue weighted by atomic mass is 9.94. The van der Waals surface area contributed by atoms with Crippen molar-refractivity contribution in [2.75, 3.05) is 0 Å². The molecule has 0 amide bonds. The molecule has 0 unspecified atom stereocenters. The van der Waals surface area contributed by atoms with Crippen LogP contribution in [0.15, 0.2) is 53.1 Å². The van der Waals surface area contributed by atoms with E-state index in [0.717, 1.165) is 11.3 Å². The predicted molar refractivity (Wildman–Crippen MR) is 57.2 cm³/mol. The monoisotopic (exact) mass is 197 g/mol. The van der Waals surface area contributed by atoms with Gasteiger partial charge in [-0.05, 0) is 17.7 Å². The van der Waals surface area contributed by atoms with Crippen LogP contribution in [0.2, 0.25) is 0 Å². The molecule has 0 radical (unpaired) electrons. The van der Waals surface area contributed by atoms with E-state index in [1.54, 1.807) is 6.26 Å². The Kier molecular flexibility index (Phi) is 2.85. The van der Waals surface area contributed by atoms with Gasteiger partial charge < -0.3 is 4.42 Å². The lowest BCUT2D eigenvalue weighted by molar-refractivity contribution is 0.487. The lowest BCUT2D eigenvalue weighted by Crippen LogP contribution is -1.98. The van der Waals surface area contributed by atoms with Gasteiger partial charge in [0.05, 0.1) is 18.3 Å². The van der Waals surface area contributed by atoms with E-state index in [2.05, 4.69) is 6.07 Å².